The monoisotopic (exact) mass is 379 g/mol. The van der Waals surface area contributed by atoms with Crippen LogP contribution in [0.5, 0.6) is 0 Å². The van der Waals surface area contributed by atoms with Crippen molar-refractivity contribution >= 4 is 60.5 Å². The van der Waals surface area contributed by atoms with E-state index in [4.69, 9.17) is 11.6 Å². The van der Waals surface area contributed by atoms with Crippen LogP contribution in [0, 0.1) is 0 Å². The fourth-order valence-electron chi connectivity index (χ4n) is 1.25. The highest BCUT2D eigenvalue weighted by Gasteiger charge is 2.00. The zero-order valence-electron chi connectivity index (χ0n) is 8.14. The molecule has 5 heteroatoms. The van der Waals surface area contributed by atoms with Crippen LogP contribution in [0.25, 0.3) is 0 Å². The molecule has 0 atom stereocenters. The van der Waals surface area contributed by atoms with Gasteiger partial charge in [0.2, 0.25) is 0 Å². The molecule has 0 saturated carbocycles. The Labute approximate surface area is 120 Å². The molecule has 0 aliphatic heterocycles. The molecule has 0 spiro atoms. The van der Waals surface area contributed by atoms with Crippen molar-refractivity contribution in [2.45, 2.75) is 6.54 Å². The summed E-state index contributed by atoms with van der Waals surface area (Å²) >= 11 is 14.5. The summed E-state index contributed by atoms with van der Waals surface area (Å²) in [6, 6.07) is 7.93. The van der Waals surface area contributed by atoms with Gasteiger partial charge >= 0.3 is 0 Å². The van der Waals surface area contributed by atoms with Gasteiger partial charge in [-0.1, -0.05) is 11.6 Å². The Morgan fingerprint density at radius 1 is 1.25 bits per heavy atom. The zero-order valence-corrected chi connectivity index (χ0v) is 12.9. The van der Waals surface area contributed by atoms with Gasteiger partial charge in [-0.2, -0.15) is 0 Å². The van der Waals surface area contributed by atoms with Crippen LogP contribution in [-0.2, 0) is 6.54 Å². The molecular weight excluding hydrogens is 373 g/mol. The van der Waals surface area contributed by atoms with Crippen molar-refractivity contribution < 1.29 is 0 Å². The quantitative estimate of drug-likeness (QED) is 0.736. The van der Waals surface area contributed by atoms with E-state index in [2.05, 4.69) is 48.6 Å². The minimum Gasteiger partial charge on any atom is -0.381 e. The highest BCUT2D eigenvalue weighted by molar-refractivity contribution is 9.11. The molecule has 1 aromatic carbocycles. The number of anilines is 1. The van der Waals surface area contributed by atoms with E-state index in [1.54, 1.807) is 11.3 Å². The first kappa shape index (κ1) is 12.4. The smallest absolute Gasteiger partial charge is 0.0701 e. The number of nitrogens with one attached hydrogen (secondary N) is 1. The number of halogens is 3. The maximum atomic E-state index is 5.92. The van der Waals surface area contributed by atoms with Crippen LogP contribution in [0.1, 0.15) is 5.56 Å². The molecule has 2 rings (SSSR count). The second-order valence-corrected chi connectivity index (χ2v) is 6.79. The molecule has 0 unspecified atom stereocenters. The summed E-state index contributed by atoms with van der Waals surface area (Å²) in [5.41, 5.74) is 2.32. The van der Waals surface area contributed by atoms with Gasteiger partial charge in [-0.15, -0.1) is 11.3 Å². The van der Waals surface area contributed by atoms with Gasteiger partial charge in [0, 0.05) is 16.7 Å². The zero-order chi connectivity index (χ0) is 11.5. The third-order valence-corrected chi connectivity index (χ3v) is 4.81. The predicted molar refractivity (Wildman–Crippen MR) is 78.5 cm³/mol. The highest BCUT2D eigenvalue weighted by Crippen LogP contribution is 2.26. The van der Waals surface area contributed by atoms with Crippen molar-refractivity contribution in [3.8, 4) is 0 Å². The summed E-state index contributed by atoms with van der Waals surface area (Å²) in [6.45, 7) is 0.816. The van der Waals surface area contributed by atoms with Gasteiger partial charge in [0.05, 0.1) is 8.81 Å². The molecule has 1 N–H and O–H groups in total. The first-order chi connectivity index (χ1) is 7.65. The minimum absolute atomic E-state index is 0.726. The van der Waals surface area contributed by atoms with Crippen LogP contribution in [0.15, 0.2) is 37.9 Å². The van der Waals surface area contributed by atoms with Gasteiger partial charge in [0.1, 0.15) is 0 Å². The molecule has 2 aromatic rings. The average molecular weight is 382 g/mol. The lowest BCUT2D eigenvalue weighted by Crippen LogP contribution is -1.97. The Balaban J connectivity index is 2.02. The first-order valence-corrected chi connectivity index (χ1v) is 7.41. The highest BCUT2D eigenvalue weighted by atomic mass is 79.9. The van der Waals surface area contributed by atoms with Crippen molar-refractivity contribution in [1.82, 2.24) is 0 Å². The summed E-state index contributed by atoms with van der Waals surface area (Å²) < 4.78 is 2.06. The lowest BCUT2D eigenvalue weighted by atomic mass is 10.3. The first-order valence-electron chi connectivity index (χ1n) is 4.57. The van der Waals surface area contributed by atoms with Crippen molar-refractivity contribution in [3.05, 3.63) is 48.5 Å². The molecule has 0 fully saturated rings. The van der Waals surface area contributed by atoms with E-state index >= 15 is 0 Å². The van der Waals surface area contributed by atoms with Gasteiger partial charge in [0.15, 0.2) is 0 Å². The van der Waals surface area contributed by atoms with Crippen molar-refractivity contribution in [2.75, 3.05) is 5.32 Å². The van der Waals surface area contributed by atoms with E-state index in [1.807, 2.05) is 18.2 Å². The van der Waals surface area contributed by atoms with E-state index < -0.39 is 0 Å². The molecule has 0 aliphatic carbocycles. The number of thiophene rings is 1. The van der Waals surface area contributed by atoms with Gasteiger partial charge in [-0.05, 0) is 67.1 Å². The fourth-order valence-corrected chi connectivity index (χ4v) is 2.95. The molecule has 16 heavy (non-hydrogen) atoms. The number of benzene rings is 1. The van der Waals surface area contributed by atoms with Gasteiger partial charge in [-0.3, -0.25) is 0 Å². The van der Waals surface area contributed by atoms with E-state index in [-0.39, 0.29) is 0 Å². The Kier molecular flexibility index (Phi) is 4.30. The Bertz CT molecular complexity index is 498. The van der Waals surface area contributed by atoms with Gasteiger partial charge < -0.3 is 5.32 Å². The molecule has 0 amide bonds. The molecule has 0 bridgehead atoms. The SMILES string of the molecule is Clc1ccc(NCc2csc(Br)c2)cc1Br. The molecule has 0 radical (unpaired) electrons. The summed E-state index contributed by atoms with van der Waals surface area (Å²) in [4.78, 5) is 0. The Morgan fingerprint density at radius 3 is 2.69 bits per heavy atom. The summed E-state index contributed by atoms with van der Waals surface area (Å²) in [6.07, 6.45) is 0. The normalized spacial score (nSPS) is 10.4. The van der Waals surface area contributed by atoms with Crippen LogP contribution < -0.4 is 5.32 Å². The van der Waals surface area contributed by atoms with Crippen LogP contribution in [0.2, 0.25) is 5.02 Å². The largest absolute Gasteiger partial charge is 0.381 e. The van der Waals surface area contributed by atoms with Crippen molar-refractivity contribution in [3.63, 3.8) is 0 Å². The van der Waals surface area contributed by atoms with Crippen LogP contribution in [-0.4, -0.2) is 0 Å². The lowest BCUT2D eigenvalue weighted by molar-refractivity contribution is 1.16. The van der Waals surface area contributed by atoms with E-state index in [0.717, 1.165) is 25.5 Å². The third kappa shape index (κ3) is 3.23. The molecule has 0 aliphatic rings. The molecular formula is C11H8Br2ClNS. The average Bonchev–Trinajstić information content (AvgIpc) is 2.66. The standard InChI is InChI=1S/C11H8Br2ClNS/c12-9-4-8(1-2-10(9)14)15-5-7-3-11(13)16-6-7/h1-4,6,15H,5H2. The molecule has 1 aromatic heterocycles. The second-order valence-electron chi connectivity index (χ2n) is 3.24. The maximum absolute atomic E-state index is 5.92. The van der Waals surface area contributed by atoms with Crippen molar-refractivity contribution in [2.24, 2.45) is 0 Å². The number of hydrogen-bond donors (Lipinski definition) is 1. The van der Waals surface area contributed by atoms with E-state index in [1.165, 1.54) is 5.56 Å². The van der Waals surface area contributed by atoms with Crippen LogP contribution in [0.4, 0.5) is 5.69 Å². The van der Waals surface area contributed by atoms with Gasteiger partial charge in [0.25, 0.3) is 0 Å². The van der Waals surface area contributed by atoms with Crippen molar-refractivity contribution in [1.29, 1.82) is 0 Å². The predicted octanol–water partition coefficient (Wildman–Crippen LogP) is 5.54. The van der Waals surface area contributed by atoms with Crippen LogP contribution in [0.3, 0.4) is 0 Å². The summed E-state index contributed by atoms with van der Waals surface area (Å²) in [5.74, 6) is 0. The topological polar surface area (TPSA) is 12.0 Å². The summed E-state index contributed by atoms with van der Waals surface area (Å²) in [7, 11) is 0. The number of hydrogen-bond acceptors (Lipinski definition) is 2. The van der Waals surface area contributed by atoms with Gasteiger partial charge in [-0.25, -0.2) is 0 Å². The van der Waals surface area contributed by atoms with Crippen LogP contribution >= 0.6 is 54.8 Å². The third-order valence-electron chi connectivity index (χ3n) is 2.04. The molecule has 0 saturated heterocycles. The Hall–Kier alpha value is -0.0300. The van der Waals surface area contributed by atoms with E-state index in [0.29, 0.717) is 0 Å². The Morgan fingerprint density at radius 2 is 2.06 bits per heavy atom. The molecule has 1 nitrogen and oxygen atoms in total. The molecule has 84 valence electrons. The maximum Gasteiger partial charge on any atom is 0.0701 e. The summed E-state index contributed by atoms with van der Waals surface area (Å²) in [5, 5.41) is 6.19. The number of rotatable bonds is 3. The van der Waals surface area contributed by atoms with E-state index in [9.17, 15) is 0 Å². The second kappa shape index (κ2) is 5.54. The fraction of sp³-hybridized carbons (Fsp3) is 0.0909. The molecule has 1 heterocycles. The lowest BCUT2D eigenvalue weighted by Gasteiger charge is -2.06. The minimum atomic E-state index is 0.726.